The number of ketones is 1. The van der Waals surface area contributed by atoms with Crippen LogP contribution in [0.2, 0.25) is 0 Å². The lowest BCUT2D eigenvalue weighted by Crippen LogP contribution is -2.14. The maximum absolute atomic E-state index is 11.4. The molecule has 1 aromatic carbocycles. The topological polar surface area (TPSA) is 46.5 Å². The summed E-state index contributed by atoms with van der Waals surface area (Å²) in [5.74, 6) is 0.982. The molecule has 0 fully saturated rings. The van der Waals surface area contributed by atoms with Crippen LogP contribution in [0.3, 0.4) is 0 Å². The second-order valence-electron chi connectivity index (χ2n) is 3.64. The second kappa shape index (κ2) is 3.33. The standard InChI is InChI=1S/C11H12O3/c1-7-4-10(13)5-8-2-3-9(12)6-11(8)14-7/h2-3,6-7,12H,4-5H2,1H3/t7-/m1/s1. The average Bonchev–Trinajstić information content (AvgIpc) is 2.21. The van der Waals surface area contributed by atoms with Gasteiger partial charge in [0.2, 0.25) is 0 Å². The molecule has 3 nitrogen and oxygen atoms in total. The fraction of sp³-hybridized carbons (Fsp3) is 0.364. The number of aromatic hydroxyl groups is 1. The van der Waals surface area contributed by atoms with Crippen molar-refractivity contribution in [2.24, 2.45) is 0 Å². The first-order valence-electron chi connectivity index (χ1n) is 4.65. The molecule has 1 heterocycles. The van der Waals surface area contributed by atoms with Gasteiger partial charge >= 0.3 is 0 Å². The van der Waals surface area contributed by atoms with E-state index in [0.29, 0.717) is 18.6 Å². The predicted molar refractivity (Wildman–Crippen MR) is 51.5 cm³/mol. The van der Waals surface area contributed by atoms with Gasteiger partial charge in [0.25, 0.3) is 0 Å². The van der Waals surface area contributed by atoms with Gasteiger partial charge in [0.1, 0.15) is 23.4 Å². The Balaban J connectivity index is 2.41. The van der Waals surface area contributed by atoms with E-state index < -0.39 is 0 Å². The Bertz CT molecular complexity index is 371. The van der Waals surface area contributed by atoms with E-state index >= 15 is 0 Å². The first-order valence-corrected chi connectivity index (χ1v) is 4.65. The summed E-state index contributed by atoms with van der Waals surface area (Å²) in [6.45, 7) is 1.86. The molecule has 0 aliphatic carbocycles. The fourth-order valence-corrected chi connectivity index (χ4v) is 1.66. The van der Waals surface area contributed by atoms with Gasteiger partial charge in [-0.1, -0.05) is 6.07 Å². The molecule has 1 aliphatic heterocycles. The number of ether oxygens (including phenoxy) is 1. The number of hydrogen-bond acceptors (Lipinski definition) is 3. The minimum absolute atomic E-state index is 0.106. The van der Waals surface area contributed by atoms with Crippen molar-refractivity contribution in [3.05, 3.63) is 23.8 Å². The highest BCUT2D eigenvalue weighted by molar-refractivity contribution is 5.82. The first kappa shape index (κ1) is 9.06. The summed E-state index contributed by atoms with van der Waals surface area (Å²) in [5, 5.41) is 9.27. The molecule has 0 aromatic heterocycles. The highest BCUT2D eigenvalue weighted by atomic mass is 16.5. The van der Waals surface area contributed by atoms with Gasteiger partial charge in [-0.25, -0.2) is 0 Å². The minimum atomic E-state index is -0.106. The summed E-state index contributed by atoms with van der Waals surface area (Å²) >= 11 is 0. The number of Topliss-reactive ketones (excluding diaryl/α,β-unsaturated/α-hetero) is 1. The monoisotopic (exact) mass is 192 g/mol. The predicted octanol–water partition coefficient (Wildman–Crippen LogP) is 1.67. The molecule has 3 heteroatoms. The van der Waals surface area contributed by atoms with Crippen molar-refractivity contribution >= 4 is 5.78 Å². The van der Waals surface area contributed by atoms with Crippen LogP contribution in [0.25, 0.3) is 0 Å². The van der Waals surface area contributed by atoms with E-state index in [0.717, 1.165) is 5.56 Å². The number of phenolic OH excluding ortho intramolecular Hbond substituents is 1. The number of fused-ring (bicyclic) bond motifs is 1. The van der Waals surface area contributed by atoms with Gasteiger partial charge in [-0.2, -0.15) is 0 Å². The lowest BCUT2D eigenvalue weighted by molar-refractivity contribution is -0.119. The zero-order valence-corrected chi connectivity index (χ0v) is 7.99. The van der Waals surface area contributed by atoms with Crippen LogP contribution in [0, 0.1) is 0 Å². The van der Waals surface area contributed by atoms with E-state index in [4.69, 9.17) is 4.74 Å². The number of hydrogen-bond donors (Lipinski definition) is 1. The fourth-order valence-electron chi connectivity index (χ4n) is 1.66. The van der Waals surface area contributed by atoms with E-state index in [9.17, 15) is 9.90 Å². The zero-order chi connectivity index (χ0) is 10.1. The van der Waals surface area contributed by atoms with Gasteiger partial charge < -0.3 is 9.84 Å². The van der Waals surface area contributed by atoms with Crippen LogP contribution in [0.15, 0.2) is 18.2 Å². The minimum Gasteiger partial charge on any atom is -0.508 e. The van der Waals surface area contributed by atoms with Crippen molar-refractivity contribution in [2.75, 3.05) is 0 Å². The molecule has 1 N–H and O–H groups in total. The second-order valence-corrected chi connectivity index (χ2v) is 3.64. The van der Waals surface area contributed by atoms with Crippen LogP contribution in [-0.2, 0) is 11.2 Å². The van der Waals surface area contributed by atoms with Crippen molar-refractivity contribution in [1.29, 1.82) is 0 Å². The van der Waals surface area contributed by atoms with Crippen molar-refractivity contribution in [1.82, 2.24) is 0 Å². The van der Waals surface area contributed by atoms with Gasteiger partial charge in [0.15, 0.2) is 0 Å². The molecular weight excluding hydrogens is 180 g/mol. The molecule has 0 amide bonds. The summed E-state index contributed by atoms with van der Waals surface area (Å²) in [5.41, 5.74) is 0.858. The molecule has 0 saturated carbocycles. The molecule has 1 atom stereocenters. The smallest absolute Gasteiger partial charge is 0.141 e. The van der Waals surface area contributed by atoms with Gasteiger partial charge in [-0.3, -0.25) is 4.79 Å². The molecule has 1 aliphatic rings. The van der Waals surface area contributed by atoms with Crippen LogP contribution >= 0.6 is 0 Å². The normalized spacial score (nSPS) is 20.9. The Morgan fingerprint density at radius 3 is 3.07 bits per heavy atom. The lowest BCUT2D eigenvalue weighted by atomic mass is 10.1. The van der Waals surface area contributed by atoms with E-state index in [1.807, 2.05) is 6.92 Å². The molecule has 74 valence electrons. The molecule has 14 heavy (non-hydrogen) atoms. The van der Waals surface area contributed by atoms with E-state index in [1.165, 1.54) is 0 Å². The molecular formula is C11H12O3. The Kier molecular flexibility index (Phi) is 2.15. The summed E-state index contributed by atoms with van der Waals surface area (Å²) < 4.78 is 5.53. The summed E-state index contributed by atoms with van der Waals surface area (Å²) in [4.78, 5) is 11.4. The van der Waals surface area contributed by atoms with Crippen LogP contribution in [0.5, 0.6) is 11.5 Å². The Hall–Kier alpha value is -1.51. The largest absolute Gasteiger partial charge is 0.508 e. The maximum Gasteiger partial charge on any atom is 0.141 e. The number of rotatable bonds is 0. The van der Waals surface area contributed by atoms with Crippen molar-refractivity contribution in [2.45, 2.75) is 25.9 Å². The molecule has 0 bridgehead atoms. The molecule has 1 aromatic rings. The van der Waals surface area contributed by atoms with Gasteiger partial charge in [0.05, 0.1) is 0 Å². The number of benzene rings is 1. The summed E-state index contributed by atoms with van der Waals surface area (Å²) in [6.07, 6.45) is 0.737. The maximum atomic E-state index is 11.4. The van der Waals surface area contributed by atoms with Gasteiger partial charge in [0, 0.05) is 24.5 Å². The van der Waals surface area contributed by atoms with Crippen LogP contribution < -0.4 is 4.74 Å². The van der Waals surface area contributed by atoms with E-state index in [-0.39, 0.29) is 17.6 Å². The van der Waals surface area contributed by atoms with Crippen LogP contribution in [-0.4, -0.2) is 17.0 Å². The molecule has 0 unspecified atom stereocenters. The Morgan fingerprint density at radius 2 is 2.29 bits per heavy atom. The number of carbonyl (C=O) groups is 1. The Labute approximate surface area is 82.3 Å². The third-order valence-corrected chi connectivity index (χ3v) is 2.28. The average molecular weight is 192 g/mol. The van der Waals surface area contributed by atoms with Crippen molar-refractivity contribution in [3.63, 3.8) is 0 Å². The molecule has 0 spiro atoms. The Morgan fingerprint density at radius 1 is 1.50 bits per heavy atom. The third-order valence-electron chi connectivity index (χ3n) is 2.28. The SMILES string of the molecule is C[C@@H]1CC(=O)Cc2ccc(O)cc2O1. The van der Waals surface area contributed by atoms with Crippen LogP contribution in [0.1, 0.15) is 18.9 Å². The van der Waals surface area contributed by atoms with Gasteiger partial charge in [-0.05, 0) is 13.0 Å². The number of carbonyl (C=O) groups excluding carboxylic acids is 1. The highest BCUT2D eigenvalue weighted by Crippen LogP contribution is 2.28. The van der Waals surface area contributed by atoms with Crippen molar-refractivity contribution < 1.29 is 14.6 Å². The molecule has 0 saturated heterocycles. The third kappa shape index (κ3) is 1.71. The quantitative estimate of drug-likeness (QED) is 0.680. The molecule has 0 radical (unpaired) electrons. The zero-order valence-electron chi connectivity index (χ0n) is 7.99. The van der Waals surface area contributed by atoms with E-state index in [1.54, 1.807) is 18.2 Å². The lowest BCUT2D eigenvalue weighted by Gasteiger charge is -2.11. The van der Waals surface area contributed by atoms with Crippen molar-refractivity contribution in [3.8, 4) is 11.5 Å². The summed E-state index contributed by atoms with van der Waals surface area (Å²) in [6, 6.07) is 4.87. The van der Waals surface area contributed by atoms with Gasteiger partial charge in [-0.15, -0.1) is 0 Å². The number of phenols is 1. The molecule has 2 rings (SSSR count). The van der Waals surface area contributed by atoms with E-state index in [2.05, 4.69) is 0 Å². The highest BCUT2D eigenvalue weighted by Gasteiger charge is 2.19. The summed E-state index contributed by atoms with van der Waals surface area (Å²) in [7, 11) is 0. The first-order chi connectivity index (χ1) is 6.65. The van der Waals surface area contributed by atoms with Crippen LogP contribution in [0.4, 0.5) is 0 Å².